The van der Waals surface area contributed by atoms with Crippen LogP contribution in [-0.2, 0) is 19.1 Å². The summed E-state index contributed by atoms with van der Waals surface area (Å²) in [7, 11) is 0. The van der Waals surface area contributed by atoms with Crippen LogP contribution in [0, 0.1) is 5.92 Å². The van der Waals surface area contributed by atoms with Gasteiger partial charge in [0.2, 0.25) is 5.91 Å². The highest BCUT2D eigenvalue weighted by molar-refractivity contribution is 5.85. The second-order valence-corrected chi connectivity index (χ2v) is 5.95. The fraction of sp³-hybridized carbons (Fsp3) is 0.800. The van der Waals surface area contributed by atoms with E-state index >= 15 is 0 Å². The largest absolute Gasteiger partial charge is 0.466 e. The summed E-state index contributed by atoms with van der Waals surface area (Å²) >= 11 is 0. The zero-order chi connectivity index (χ0) is 16.5. The number of quaternary nitrogens is 1. The molecule has 1 aliphatic rings. The van der Waals surface area contributed by atoms with E-state index in [4.69, 9.17) is 4.74 Å². The van der Waals surface area contributed by atoms with E-state index in [1.165, 1.54) is 0 Å². The number of rotatable bonds is 7. The SMILES string of the molecule is CCOC(=O)C1CC[NH+](CC(=O)NCC(=O)NC(C)C)CC1. The van der Waals surface area contributed by atoms with Crippen molar-refractivity contribution in [3.8, 4) is 0 Å². The molecule has 0 aliphatic carbocycles. The fourth-order valence-electron chi connectivity index (χ4n) is 2.54. The molecule has 2 amide bonds. The van der Waals surface area contributed by atoms with Gasteiger partial charge in [-0.15, -0.1) is 0 Å². The molecule has 7 nitrogen and oxygen atoms in total. The van der Waals surface area contributed by atoms with Gasteiger partial charge in [-0.2, -0.15) is 0 Å². The first-order valence-corrected chi connectivity index (χ1v) is 7.98. The van der Waals surface area contributed by atoms with Crippen molar-refractivity contribution in [1.29, 1.82) is 0 Å². The lowest BCUT2D eigenvalue weighted by molar-refractivity contribution is -0.897. The van der Waals surface area contributed by atoms with Crippen LogP contribution in [0.15, 0.2) is 0 Å². The molecule has 7 heteroatoms. The second-order valence-electron chi connectivity index (χ2n) is 5.95. The molecule has 0 atom stereocenters. The molecule has 3 N–H and O–H groups in total. The molecular weight excluding hydrogens is 286 g/mol. The van der Waals surface area contributed by atoms with Gasteiger partial charge in [-0.25, -0.2) is 0 Å². The Hall–Kier alpha value is -1.63. The topological polar surface area (TPSA) is 88.9 Å². The molecule has 0 aromatic rings. The predicted molar refractivity (Wildman–Crippen MR) is 81.2 cm³/mol. The quantitative estimate of drug-likeness (QED) is 0.498. The van der Waals surface area contributed by atoms with Crippen LogP contribution in [0.2, 0.25) is 0 Å². The fourth-order valence-corrected chi connectivity index (χ4v) is 2.54. The van der Waals surface area contributed by atoms with Crippen molar-refractivity contribution < 1.29 is 24.0 Å². The van der Waals surface area contributed by atoms with Crippen molar-refractivity contribution in [1.82, 2.24) is 10.6 Å². The molecule has 22 heavy (non-hydrogen) atoms. The number of carbonyl (C=O) groups is 3. The van der Waals surface area contributed by atoms with Crippen molar-refractivity contribution in [3.63, 3.8) is 0 Å². The Kier molecular flexibility index (Phi) is 7.87. The molecule has 1 rings (SSSR count). The van der Waals surface area contributed by atoms with Gasteiger partial charge in [-0.05, 0) is 20.8 Å². The van der Waals surface area contributed by atoms with Crippen molar-refractivity contribution in [3.05, 3.63) is 0 Å². The molecule has 1 heterocycles. The first-order valence-electron chi connectivity index (χ1n) is 7.98. The predicted octanol–water partition coefficient (Wildman–Crippen LogP) is -1.51. The Morgan fingerprint density at radius 1 is 1.18 bits per heavy atom. The minimum Gasteiger partial charge on any atom is -0.466 e. The summed E-state index contributed by atoms with van der Waals surface area (Å²) in [6.07, 6.45) is 1.49. The number of amides is 2. The average molecular weight is 314 g/mol. The zero-order valence-corrected chi connectivity index (χ0v) is 13.7. The molecule has 0 aromatic heterocycles. The third-order valence-corrected chi connectivity index (χ3v) is 3.62. The van der Waals surface area contributed by atoms with Crippen LogP contribution in [-0.4, -0.2) is 56.6 Å². The van der Waals surface area contributed by atoms with Gasteiger partial charge in [-0.3, -0.25) is 14.4 Å². The third-order valence-electron chi connectivity index (χ3n) is 3.62. The van der Waals surface area contributed by atoms with Gasteiger partial charge in [-0.1, -0.05) is 0 Å². The molecule has 0 saturated carbocycles. The van der Waals surface area contributed by atoms with Gasteiger partial charge >= 0.3 is 5.97 Å². The van der Waals surface area contributed by atoms with Crippen LogP contribution < -0.4 is 15.5 Å². The molecule has 1 saturated heterocycles. The maximum absolute atomic E-state index is 11.8. The number of piperidine rings is 1. The average Bonchev–Trinajstić information content (AvgIpc) is 2.45. The van der Waals surface area contributed by atoms with Crippen molar-refractivity contribution in [2.75, 3.05) is 32.8 Å². The van der Waals surface area contributed by atoms with Crippen LogP contribution in [0.4, 0.5) is 0 Å². The smallest absolute Gasteiger partial charge is 0.309 e. The third kappa shape index (κ3) is 6.89. The van der Waals surface area contributed by atoms with E-state index in [-0.39, 0.29) is 36.3 Å². The maximum atomic E-state index is 11.8. The highest BCUT2D eigenvalue weighted by atomic mass is 16.5. The van der Waals surface area contributed by atoms with E-state index in [0.29, 0.717) is 13.2 Å². The van der Waals surface area contributed by atoms with Crippen LogP contribution in [0.1, 0.15) is 33.6 Å². The lowest BCUT2D eigenvalue weighted by Crippen LogP contribution is -3.14. The van der Waals surface area contributed by atoms with E-state index in [1.807, 2.05) is 13.8 Å². The number of ether oxygens (including phenoxy) is 1. The monoisotopic (exact) mass is 314 g/mol. The number of carbonyl (C=O) groups excluding carboxylic acids is 3. The van der Waals surface area contributed by atoms with E-state index in [1.54, 1.807) is 6.92 Å². The van der Waals surface area contributed by atoms with Gasteiger partial charge in [0.15, 0.2) is 6.54 Å². The van der Waals surface area contributed by atoms with E-state index in [2.05, 4.69) is 10.6 Å². The molecule has 0 unspecified atom stereocenters. The summed E-state index contributed by atoms with van der Waals surface area (Å²) in [5, 5.41) is 5.35. The molecule has 1 aliphatic heterocycles. The Balaban J connectivity index is 2.22. The van der Waals surface area contributed by atoms with Gasteiger partial charge in [0.05, 0.1) is 32.2 Å². The van der Waals surface area contributed by atoms with Crippen molar-refractivity contribution in [2.45, 2.75) is 39.7 Å². The molecule has 0 radical (unpaired) electrons. The first kappa shape index (κ1) is 18.4. The summed E-state index contributed by atoms with van der Waals surface area (Å²) in [4.78, 5) is 36.0. The number of likely N-dealkylation sites (tertiary alicyclic amines) is 1. The van der Waals surface area contributed by atoms with Crippen LogP contribution in [0.3, 0.4) is 0 Å². The Labute approximate surface area is 131 Å². The van der Waals surface area contributed by atoms with E-state index in [9.17, 15) is 14.4 Å². The summed E-state index contributed by atoms with van der Waals surface area (Å²) in [6, 6.07) is 0.0666. The number of hydrogen-bond donors (Lipinski definition) is 3. The summed E-state index contributed by atoms with van der Waals surface area (Å²) < 4.78 is 5.02. The van der Waals surface area contributed by atoms with Crippen LogP contribution >= 0.6 is 0 Å². The zero-order valence-electron chi connectivity index (χ0n) is 13.7. The van der Waals surface area contributed by atoms with Gasteiger partial charge < -0.3 is 20.3 Å². The maximum Gasteiger partial charge on any atom is 0.309 e. The first-order chi connectivity index (χ1) is 10.4. The molecule has 126 valence electrons. The summed E-state index contributed by atoms with van der Waals surface area (Å²) in [5.74, 6) is -0.484. The molecule has 0 aromatic carbocycles. The van der Waals surface area contributed by atoms with Crippen molar-refractivity contribution >= 4 is 17.8 Å². The Morgan fingerprint density at radius 3 is 2.36 bits per heavy atom. The van der Waals surface area contributed by atoms with Crippen LogP contribution in [0.25, 0.3) is 0 Å². The van der Waals surface area contributed by atoms with Gasteiger partial charge in [0.1, 0.15) is 0 Å². The highest BCUT2D eigenvalue weighted by Crippen LogP contribution is 2.11. The second kappa shape index (κ2) is 9.40. The van der Waals surface area contributed by atoms with Gasteiger partial charge in [0, 0.05) is 18.9 Å². The summed E-state index contributed by atoms with van der Waals surface area (Å²) in [5.41, 5.74) is 0. The summed E-state index contributed by atoms with van der Waals surface area (Å²) in [6.45, 7) is 7.85. The molecule has 1 fully saturated rings. The number of hydrogen-bond acceptors (Lipinski definition) is 4. The van der Waals surface area contributed by atoms with E-state index < -0.39 is 0 Å². The Morgan fingerprint density at radius 2 is 1.82 bits per heavy atom. The molecule has 0 bridgehead atoms. The highest BCUT2D eigenvalue weighted by Gasteiger charge is 2.29. The minimum atomic E-state index is -0.181. The van der Waals surface area contributed by atoms with Gasteiger partial charge in [0.25, 0.3) is 5.91 Å². The van der Waals surface area contributed by atoms with Crippen LogP contribution in [0.5, 0.6) is 0 Å². The lowest BCUT2D eigenvalue weighted by atomic mass is 9.97. The Bertz CT molecular complexity index is 390. The number of esters is 1. The number of nitrogens with one attached hydrogen (secondary N) is 3. The standard InChI is InChI=1S/C15H27N3O4/c1-4-22-15(21)12-5-7-18(8-6-12)10-14(20)16-9-13(19)17-11(2)3/h11-12H,4-10H2,1-3H3,(H,16,20)(H,17,19)/p+1. The molecular formula is C15H28N3O4+. The van der Waals surface area contributed by atoms with E-state index in [0.717, 1.165) is 30.8 Å². The van der Waals surface area contributed by atoms with Crippen molar-refractivity contribution in [2.24, 2.45) is 5.92 Å². The lowest BCUT2D eigenvalue weighted by Gasteiger charge is -2.27. The minimum absolute atomic E-state index is 0.00967. The molecule has 0 spiro atoms. The normalized spacial score (nSPS) is 21.3.